The molecule has 1 atom stereocenters. The summed E-state index contributed by atoms with van der Waals surface area (Å²) in [5.41, 5.74) is 3.66. The lowest BCUT2D eigenvalue weighted by molar-refractivity contribution is -0.116. The molecule has 2 N–H and O–H groups in total. The maximum absolute atomic E-state index is 13.3. The molecule has 1 aliphatic carbocycles. The monoisotopic (exact) mass is 358 g/mol. The zero-order valence-electron chi connectivity index (χ0n) is 14.6. The zero-order valence-corrected chi connectivity index (χ0v) is 14.6. The number of hydrogen-bond donors (Lipinski definition) is 2. The maximum atomic E-state index is 13.3. The molecule has 3 heterocycles. The Morgan fingerprint density at radius 3 is 2.67 bits per heavy atom. The normalized spacial score (nSPS) is 18.7. The number of ketones is 1. The first-order valence-electron chi connectivity index (χ1n) is 9.07. The van der Waals surface area contributed by atoms with Gasteiger partial charge in [-0.05, 0) is 36.6 Å². The summed E-state index contributed by atoms with van der Waals surface area (Å²) < 4.78 is 1.53. The van der Waals surface area contributed by atoms with Crippen LogP contribution in [-0.4, -0.2) is 20.5 Å². The van der Waals surface area contributed by atoms with Crippen LogP contribution in [0.25, 0.3) is 5.69 Å². The number of benzene rings is 1. The van der Waals surface area contributed by atoms with Crippen LogP contribution in [0.1, 0.15) is 36.3 Å². The van der Waals surface area contributed by atoms with Gasteiger partial charge in [-0.25, -0.2) is 4.68 Å². The van der Waals surface area contributed by atoms with Gasteiger partial charge in [0.15, 0.2) is 5.78 Å². The number of aromatic nitrogens is 3. The summed E-state index contributed by atoms with van der Waals surface area (Å²) in [5, 5.41) is 6.52. The first kappa shape index (κ1) is 15.8. The Hall–Kier alpha value is -3.41. The van der Waals surface area contributed by atoms with Crippen molar-refractivity contribution < 1.29 is 4.79 Å². The number of aromatic amines is 1. The summed E-state index contributed by atoms with van der Waals surface area (Å²) in [4.78, 5) is 30.3. The molecule has 0 unspecified atom stereocenters. The molecule has 6 heteroatoms. The van der Waals surface area contributed by atoms with E-state index in [2.05, 4.69) is 15.4 Å². The molecule has 5 rings (SSSR count). The number of Topliss-reactive ketones (excluding diaryl/α,β-unsaturated/α-hetero) is 1. The molecular weight excluding hydrogens is 340 g/mol. The SMILES string of the molecule is O=C1CCCC2=C1[C@H](c1cccnc1)c1c([nH]n(-c3ccccc3)c1=O)N2. The van der Waals surface area contributed by atoms with Crippen LogP contribution in [0, 0.1) is 0 Å². The Morgan fingerprint density at radius 1 is 1.04 bits per heavy atom. The van der Waals surface area contributed by atoms with Gasteiger partial charge in [-0.1, -0.05) is 24.3 Å². The molecule has 0 saturated heterocycles. The largest absolute Gasteiger partial charge is 0.343 e. The van der Waals surface area contributed by atoms with Gasteiger partial charge in [-0.15, -0.1) is 0 Å². The van der Waals surface area contributed by atoms with Gasteiger partial charge in [0, 0.05) is 36.0 Å². The number of carbonyl (C=O) groups is 1. The lowest BCUT2D eigenvalue weighted by Gasteiger charge is -2.31. The van der Waals surface area contributed by atoms with Crippen molar-refractivity contribution in [2.45, 2.75) is 25.2 Å². The number of fused-ring (bicyclic) bond motifs is 1. The predicted octanol–water partition coefficient (Wildman–Crippen LogP) is 3.13. The zero-order chi connectivity index (χ0) is 18.4. The smallest absolute Gasteiger partial charge is 0.277 e. The van der Waals surface area contributed by atoms with Gasteiger partial charge in [0.1, 0.15) is 5.82 Å². The molecule has 1 aliphatic heterocycles. The van der Waals surface area contributed by atoms with Crippen LogP contribution in [0.5, 0.6) is 0 Å². The van der Waals surface area contributed by atoms with Crippen molar-refractivity contribution in [3.8, 4) is 5.69 Å². The summed E-state index contributed by atoms with van der Waals surface area (Å²) in [7, 11) is 0. The van der Waals surface area contributed by atoms with E-state index in [1.165, 1.54) is 4.68 Å². The number of hydrogen-bond acceptors (Lipinski definition) is 4. The summed E-state index contributed by atoms with van der Waals surface area (Å²) in [6.07, 6.45) is 5.58. The van der Waals surface area contributed by atoms with Crippen molar-refractivity contribution in [3.63, 3.8) is 0 Å². The molecule has 0 bridgehead atoms. The molecule has 6 nitrogen and oxygen atoms in total. The predicted molar refractivity (Wildman–Crippen MR) is 102 cm³/mol. The fraction of sp³-hybridized carbons (Fsp3) is 0.190. The van der Waals surface area contributed by atoms with Crippen LogP contribution in [-0.2, 0) is 4.79 Å². The summed E-state index contributed by atoms with van der Waals surface area (Å²) in [6, 6.07) is 13.2. The van der Waals surface area contributed by atoms with Crippen LogP contribution in [0.4, 0.5) is 5.82 Å². The third-order valence-electron chi connectivity index (χ3n) is 5.27. The third kappa shape index (κ3) is 2.44. The second-order valence-corrected chi connectivity index (χ2v) is 6.89. The van der Waals surface area contributed by atoms with E-state index < -0.39 is 5.92 Å². The molecule has 2 aliphatic rings. The van der Waals surface area contributed by atoms with E-state index in [-0.39, 0.29) is 11.3 Å². The molecule has 0 spiro atoms. The molecular formula is C21H18N4O2. The van der Waals surface area contributed by atoms with E-state index in [1.54, 1.807) is 12.4 Å². The van der Waals surface area contributed by atoms with E-state index in [4.69, 9.17) is 0 Å². The lowest BCUT2D eigenvalue weighted by atomic mass is 9.77. The number of allylic oxidation sites excluding steroid dienone is 2. The average molecular weight is 358 g/mol. The van der Waals surface area contributed by atoms with E-state index in [0.717, 1.165) is 29.8 Å². The molecule has 1 aromatic carbocycles. The number of nitrogens with zero attached hydrogens (tertiary/aromatic N) is 2. The quantitative estimate of drug-likeness (QED) is 0.738. The number of rotatable bonds is 2. The second kappa shape index (κ2) is 6.09. The van der Waals surface area contributed by atoms with Gasteiger partial charge in [-0.3, -0.25) is 19.7 Å². The van der Waals surface area contributed by atoms with Crippen molar-refractivity contribution in [1.82, 2.24) is 14.8 Å². The Morgan fingerprint density at radius 2 is 1.89 bits per heavy atom. The van der Waals surface area contributed by atoms with Crippen LogP contribution < -0.4 is 10.9 Å². The number of anilines is 1. The second-order valence-electron chi connectivity index (χ2n) is 6.89. The number of nitrogens with one attached hydrogen (secondary N) is 2. The fourth-order valence-corrected chi connectivity index (χ4v) is 4.08. The summed E-state index contributed by atoms with van der Waals surface area (Å²) in [5.74, 6) is 0.368. The molecule has 0 fully saturated rings. The minimum absolute atomic E-state index is 0.107. The molecule has 2 aromatic heterocycles. The topological polar surface area (TPSA) is 79.8 Å². The third-order valence-corrected chi connectivity index (χ3v) is 5.27. The van der Waals surface area contributed by atoms with E-state index >= 15 is 0 Å². The Labute approximate surface area is 155 Å². The number of carbonyl (C=O) groups excluding carboxylic acids is 1. The average Bonchev–Trinajstić information content (AvgIpc) is 3.04. The van der Waals surface area contributed by atoms with Gasteiger partial charge < -0.3 is 5.32 Å². The molecule has 0 amide bonds. The number of pyridine rings is 1. The molecule has 27 heavy (non-hydrogen) atoms. The van der Waals surface area contributed by atoms with E-state index in [9.17, 15) is 9.59 Å². The fourth-order valence-electron chi connectivity index (χ4n) is 4.08. The number of H-pyrrole nitrogens is 1. The summed E-state index contributed by atoms with van der Waals surface area (Å²) >= 11 is 0. The van der Waals surface area contributed by atoms with E-state index in [1.807, 2.05) is 42.5 Å². The van der Waals surface area contributed by atoms with Crippen molar-refractivity contribution >= 4 is 11.6 Å². The molecule has 0 saturated carbocycles. The molecule has 0 radical (unpaired) electrons. The van der Waals surface area contributed by atoms with Crippen LogP contribution in [0.3, 0.4) is 0 Å². The lowest BCUT2D eigenvalue weighted by Crippen LogP contribution is -2.29. The standard InChI is InChI=1S/C21H18N4O2/c26-16-10-4-9-15-18(16)17(13-6-5-11-22-12-13)19-20(23-15)24-25(21(19)27)14-7-2-1-3-8-14/h1-3,5-8,11-12,17,23-24H,4,9-10H2/t17-/m0/s1. The highest BCUT2D eigenvalue weighted by Gasteiger charge is 2.38. The van der Waals surface area contributed by atoms with Crippen LogP contribution in [0.15, 0.2) is 70.9 Å². The van der Waals surface area contributed by atoms with Gasteiger partial charge in [0.25, 0.3) is 5.56 Å². The van der Waals surface area contributed by atoms with Crippen molar-refractivity contribution in [1.29, 1.82) is 0 Å². The van der Waals surface area contributed by atoms with Crippen LogP contribution in [0.2, 0.25) is 0 Å². The maximum Gasteiger partial charge on any atom is 0.277 e. The number of para-hydroxylation sites is 1. The highest BCUT2D eigenvalue weighted by molar-refractivity contribution is 6.00. The highest BCUT2D eigenvalue weighted by Crippen LogP contribution is 2.43. The Balaban J connectivity index is 1.75. The summed E-state index contributed by atoms with van der Waals surface area (Å²) in [6.45, 7) is 0. The highest BCUT2D eigenvalue weighted by atomic mass is 16.1. The molecule has 3 aromatic rings. The minimum Gasteiger partial charge on any atom is -0.343 e. The van der Waals surface area contributed by atoms with Gasteiger partial charge in [0.05, 0.1) is 11.3 Å². The first-order valence-corrected chi connectivity index (χ1v) is 9.07. The first-order chi connectivity index (χ1) is 13.2. The van der Waals surface area contributed by atoms with Crippen LogP contribution >= 0.6 is 0 Å². The van der Waals surface area contributed by atoms with Crippen molar-refractivity contribution in [3.05, 3.63) is 87.6 Å². The van der Waals surface area contributed by atoms with Crippen molar-refractivity contribution in [2.75, 3.05) is 5.32 Å². The van der Waals surface area contributed by atoms with Gasteiger partial charge >= 0.3 is 0 Å². The van der Waals surface area contributed by atoms with Gasteiger partial charge in [-0.2, -0.15) is 0 Å². The Bertz CT molecular complexity index is 1110. The van der Waals surface area contributed by atoms with E-state index in [0.29, 0.717) is 23.4 Å². The molecule has 134 valence electrons. The van der Waals surface area contributed by atoms with Crippen molar-refractivity contribution in [2.24, 2.45) is 0 Å². The minimum atomic E-state index is -0.397. The Kier molecular flexibility index (Phi) is 3.57. The van der Waals surface area contributed by atoms with Gasteiger partial charge in [0.2, 0.25) is 0 Å².